The molecule has 84 valence electrons. The highest BCUT2D eigenvalue weighted by Crippen LogP contribution is 2.44. The molecule has 1 aliphatic rings. The zero-order valence-electron chi connectivity index (χ0n) is 9.29. The van der Waals surface area contributed by atoms with Gasteiger partial charge in [0.2, 0.25) is 5.24 Å². The Balaban J connectivity index is 2.48. The quantitative estimate of drug-likeness (QED) is 0.740. The first-order valence-electron chi connectivity index (χ1n) is 5.26. The second kappa shape index (κ2) is 3.70. The first-order valence-corrected chi connectivity index (χ1v) is 5.64. The van der Waals surface area contributed by atoms with Gasteiger partial charge in [0, 0.05) is 23.3 Å². The fraction of sp³-hybridized carbons (Fsp3) is 0.385. The molecule has 1 aromatic carbocycles. The number of benzene rings is 1. The zero-order valence-corrected chi connectivity index (χ0v) is 10.0. The topological polar surface area (TPSA) is 34.1 Å². The minimum Gasteiger partial charge on any atom is -0.294 e. The van der Waals surface area contributed by atoms with E-state index >= 15 is 0 Å². The molecule has 0 heterocycles. The summed E-state index contributed by atoms with van der Waals surface area (Å²) in [6.45, 7) is 3.97. The van der Waals surface area contributed by atoms with Gasteiger partial charge < -0.3 is 0 Å². The van der Waals surface area contributed by atoms with Crippen molar-refractivity contribution in [1.82, 2.24) is 0 Å². The van der Waals surface area contributed by atoms with Gasteiger partial charge in [-0.3, -0.25) is 9.59 Å². The monoisotopic (exact) mass is 236 g/mol. The molecule has 0 saturated heterocycles. The maximum atomic E-state index is 12.1. The number of ketones is 1. The van der Waals surface area contributed by atoms with Crippen LogP contribution in [0.3, 0.4) is 0 Å². The molecule has 16 heavy (non-hydrogen) atoms. The van der Waals surface area contributed by atoms with Crippen molar-refractivity contribution in [3.8, 4) is 0 Å². The van der Waals surface area contributed by atoms with Crippen LogP contribution in [0, 0.1) is 5.92 Å². The molecular weight excluding hydrogens is 224 g/mol. The Labute approximate surface area is 99.6 Å². The summed E-state index contributed by atoms with van der Waals surface area (Å²) in [5, 5.41) is -0.445. The fourth-order valence-electron chi connectivity index (χ4n) is 2.47. The van der Waals surface area contributed by atoms with E-state index in [9.17, 15) is 9.59 Å². The average molecular weight is 237 g/mol. The van der Waals surface area contributed by atoms with Crippen LogP contribution in [0.25, 0.3) is 0 Å². The molecular formula is C13H13ClO2. The van der Waals surface area contributed by atoms with Gasteiger partial charge in [-0.2, -0.15) is 0 Å². The number of carbonyl (C=O) groups excluding carboxylic acids is 2. The summed E-state index contributed by atoms with van der Waals surface area (Å²) in [4.78, 5) is 23.1. The van der Waals surface area contributed by atoms with Crippen molar-refractivity contribution < 1.29 is 9.59 Å². The van der Waals surface area contributed by atoms with E-state index in [0.29, 0.717) is 0 Å². The van der Waals surface area contributed by atoms with E-state index < -0.39 is 5.24 Å². The normalized spacial score (nSPS) is 21.9. The van der Waals surface area contributed by atoms with E-state index in [0.717, 1.165) is 11.1 Å². The van der Waals surface area contributed by atoms with Crippen LogP contribution in [0.2, 0.25) is 0 Å². The lowest BCUT2D eigenvalue weighted by Gasteiger charge is -2.25. The van der Waals surface area contributed by atoms with E-state index in [4.69, 9.17) is 11.6 Å². The molecule has 1 aromatic rings. The van der Waals surface area contributed by atoms with E-state index in [-0.39, 0.29) is 23.5 Å². The third kappa shape index (κ3) is 1.57. The molecule has 0 spiro atoms. The van der Waals surface area contributed by atoms with Crippen molar-refractivity contribution in [2.24, 2.45) is 5.92 Å². The molecule has 2 nitrogen and oxygen atoms in total. The third-order valence-electron chi connectivity index (χ3n) is 3.44. The largest absolute Gasteiger partial charge is 0.294 e. The smallest absolute Gasteiger partial charge is 0.222 e. The molecule has 0 radical (unpaired) electrons. The van der Waals surface area contributed by atoms with Gasteiger partial charge in [0.1, 0.15) is 0 Å². The van der Waals surface area contributed by atoms with Gasteiger partial charge in [0.25, 0.3) is 0 Å². The summed E-state index contributed by atoms with van der Waals surface area (Å²) in [6, 6.07) is 7.53. The van der Waals surface area contributed by atoms with Crippen LogP contribution in [0.5, 0.6) is 0 Å². The average Bonchev–Trinajstić information content (AvgIpc) is 2.41. The van der Waals surface area contributed by atoms with Crippen LogP contribution >= 0.6 is 11.6 Å². The highest BCUT2D eigenvalue weighted by molar-refractivity contribution is 6.63. The molecule has 1 atom stereocenters. The second-order valence-corrected chi connectivity index (χ2v) is 5.16. The molecule has 1 unspecified atom stereocenters. The Kier molecular flexibility index (Phi) is 2.62. The molecule has 0 aliphatic heterocycles. The summed E-state index contributed by atoms with van der Waals surface area (Å²) in [6.07, 6.45) is 0.113. The predicted octanol–water partition coefficient (Wildman–Crippen LogP) is 2.93. The summed E-state index contributed by atoms with van der Waals surface area (Å²) < 4.78 is 0. The Morgan fingerprint density at radius 3 is 2.56 bits per heavy atom. The van der Waals surface area contributed by atoms with E-state index in [1.807, 2.05) is 38.1 Å². The van der Waals surface area contributed by atoms with Gasteiger partial charge in [0.15, 0.2) is 5.78 Å². The van der Waals surface area contributed by atoms with Crippen molar-refractivity contribution in [2.45, 2.75) is 25.7 Å². The van der Waals surface area contributed by atoms with Crippen molar-refractivity contribution in [3.63, 3.8) is 0 Å². The number of Topliss-reactive ketones (excluding diaryl/α,β-unsaturated/α-hetero) is 1. The first kappa shape index (κ1) is 11.3. The molecule has 0 saturated carbocycles. The van der Waals surface area contributed by atoms with Gasteiger partial charge in [0.05, 0.1) is 0 Å². The van der Waals surface area contributed by atoms with E-state index in [1.165, 1.54) is 0 Å². The van der Waals surface area contributed by atoms with Gasteiger partial charge in [-0.1, -0.05) is 38.1 Å². The number of halogens is 1. The van der Waals surface area contributed by atoms with Crippen LogP contribution in [0.4, 0.5) is 0 Å². The number of fused-ring (bicyclic) bond motifs is 1. The lowest BCUT2D eigenvalue weighted by molar-refractivity contribution is -0.112. The fourth-order valence-corrected chi connectivity index (χ4v) is 2.63. The van der Waals surface area contributed by atoms with Crippen molar-refractivity contribution in [3.05, 3.63) is 35.4 Å². The van der Waals surface area contributed by atoms with E-state index in [1.54, 1.807) is 0 Å². The zero-order chi connectivity index (χ0) is 11.9. The molecule has 1 aliphatic carbocycles. The van der Waals surface area contributed by atoms with Crippen LogP contribution in [0.15, 0.2) is 24.3 Å². The lowest BCUT2D eigenvalue weighted by atomic mass is 9.77. The maximum absolute atomic E-state index is 12.1. The molecule has 3 heteroatoms. The number of hydrogen-bond acceptors (Lipinski definition) is 2. The molecule has 2 rings (SSSR count). The lowest BCUT2D eigenvalue weighted by Crippen LogP contribution is -2.28. The summed E-state index contributed by atoms with van der Waals surface area (Å²) in [7, 11) is 0. The van der Waals surface area contributed by atoms with E-state index in [2.05, 4.69) is 0 Å². The van der Waals surface area contributed by atoms with Gasteiger partial charge in [-0.25, -0.2) is 0 Å². The minimum absolute atomic E-state index is 0.0367. The van der Waals surface area contributed by atoms with Crippen LogP contribution < -0.4 is 0 Å². The molecule has 0 bridgehead atoms. The van der Waals surface area contributed by atoms with Gasteiger partial charge >= 0.3 is 0 Å². The van der Waals surface area contributed by atoms with Gasteiger partial charge in [-0.15, -0.1) is 0 Å². The standard InChI is InChI=1S/C13H13ClO2/c1-13(2)9-6-4-3-5-8(9)12(16)10(13)7-11(14)15/h3-6,10H,7H2,1-2H3. The van der Waals surface area contributed by atoms with Crippen LogP contribution in [-0.2, 0) is 10.2 Å². The molecule has 0 fully saturated rings. The minimum atomic E-state index is -0.445. The Morgan fingerprint density at radius 1 is 1.38 bits per heavy atom. The second-order valence-electron chi connectivity index (χ2n) is 4.74. The van der Waals surface area contributed by atoms with Crippen molar-refractivity contribution >= 4 is 22.6 Å². The number of hydrogen-bond donors (Lipinski definition) is 0. The maximum Gasteiger partial charge on any atom is 0.222 e. The predicted molar refractivity (Wildman–Crippen MR) is 62.8 cm³/mol. The Morgan fingerprint density at radius 2 is 2.00 bits per heavy atom. The molecule has 0 amide bonds. The number of rotatable bonds is 2. The first-order chi connectivity index (χ1) is 7.44. The van der Waals surface area contributed by atoms with Crippen LogP contribution in [-0.4, -0.2) is 11.0 Å². The molecule has 0 aromatic heterocycles. The summed E-state index contributed by atoms with van der Waals surface area (Å²) >= 11 is 5.40. The van der Waals surface area contributed by atoms with Crippen molar-refractivity contribution in [1.29, 1.82) is 0 Å². The van der Waals surface area contributed by atoms with Crippen molar-refractivity contribution in [2.75, 3.05) is 0 Å². The molecule has 0 N–H and O–H groups in total. The SMILES string of the molecule is CC1(C)c2ccccc2C(=O)C1CC(=O)Cl. The summed E-state index contributed by atoms with van der Waals surface area (Å²) in [5.41, 5.74) is 1.44. The van der Waals surface area contributed by atoms with Crippen LogP contribution in [0.1, 0.15) is 36.2 Å². The highest BCUT2D eigenvalue weighted by atomic mass is 35.5. The third-order valence-corrected chi connectivity index (χ3v) is 3.59. The summed E-state index contributed by atoms with van der Waals surface area (Å²) in [5.74, 6) is -0.288. The Bertz CT molecular complexity index is 463. The van der Waals surface area contributed by atoms with Gasteiger partial charge in [-0.05, 0) is 17.2 Å². The number of carbonyl (C=O) groups is 2. The Hall–Kier alpha value is -1.15. The highest BCUT2D eigenvalue weighted by Gasteiger charge is 2.45.